The molecule has 1 aromatic rings. The smallest absolute Gasteiger partial charge is 0.356 e. The zero-order valence-corrected chi connectivity index (χ0v) is 10.2. The third-order valence-corrected chi connectivity index (χ3v) is 3.03. The van der Waals surface area contributed by atoms with Crippen LogP contribution >= 0.6 is 0 Å². The van der Waals surface area contributed by atoms with Gasteiger partial charge in [-0.1, -0.05) is 6.07 Å². The first-order valence-corrected chi connectivity index (χ1v) is 6.01. The molecule has 4 nitrogen and oxygen atoms in total. The van der Waals surface area contributed by atoms with E-state index in [2.05, 4.69) is 10.3 Å². The molecular weight excluding hydrogens is 259 g/mol. The van der Waals surface area contributed by atoms with E-state index in [-0.39, 0.29) is 6.54 Å². The lowest BCUT2D eigenvalue weighted by atomic mass is 10.2. The van der Waals surface area contributed by atoms with Crippen molar-refractivity contribution >= 4 is 12.2 Å². The van der Waals surface area contributed by atoms with Crippen LogP contribution in [0.3, 0.4) is 0 Å². The first-order valence-electron chi connectivity index (χ1n) is 6.01. The average Bonchev–Trinajstić information content (AvgIpc) is 2.88. The molecule has 1 fully saturated rings. The van der Waals surface area contributed by atoms with Crippen LogP contribution in [0.25, 0.3) is 0 Å². The van der Waals surface area contributed by atoms with E-state index in [1.54, 1.807) is 0 Å². The maximum absolute atomic E-state index is 12.7. The van der Waals surface area contributed by atoms with Gasteiger partial charge in [0, 0.05) is 25.2 Å². The molecule has 19 heavy (non-hydrogen) atoms. The minimum atomic E-state index is -4.45. The summed E-state index contributed by atoms with van der Waals surface area (Å²) in [4.78, 5) is 15.9. The van der Waals surface area contributed by atoms with Crippen molar-refractivity contribution in [1.29, 1.82) is 0 Å². The van der Waals surface area contributed by atoms with Gasteiger partial charge in [0.15, 0.2) is 0 Å². The number of aromatic nitrogens is 1. The Morgan fingerprint density at radius 2 is 2.00 bits per heavy atom. The lowest BCUT2D eigenvalue weighted by Crippen LogP contribution is -2.24. The predicted octanol–water partition coefficient (Wildman–Crippen LogP) is 1.95. The summed E-state index contributed by atoms with van der Waals surface area (Å²) in [7, 11) is 0. The van der Waals surface area contributed by atoms with Crippen LogP contribution in [0.1, 0.15) is 24.1 Å². The lowest BCUT2D eigenvalue weighted by molar-refractivity contribution is -0.141. The Hall–Kier alpha value is -1.79. The molecule has 0 bridgehead atoms. The normalized spacial score (nSPS) is 15.6. The summed E-state index contributed by atoms with van der Waals surface area (Å²) >= 11 is 0. The maximum Gasteiger partial charge on any atom is 0.433 e. The number of pyridine rings is 1. The van der Waals surface area contributed by atoms with Crippen LogP contribution in [0, 0.1) is 0 Å². The summed E-state index contributed by atoms with van der Waals surface area (Å²) in [5.74, 6) is 0.321. The molecule has 0 atom stereocenters. The van der Waals surface area contributed by atoms with Crippen LogP contribution in [0.2, 0.25) is 0 Å². The van der Waals surface area contributed by atoms with Gasteiger partial charge in [-0.15, -0.1) is 0 Å². The Labute approximate surface area is 108 Å². The fourth-order valence-corrected chi connectivity index (χ4v) is 2.13. The first-order chi connectivity index (χ1) is 9.02. The van der Waals surface area contributed by atoms with Gasteiger partial charge in [-0.25, -0.2) is 4.98 Å². The quantitative estimate of drug-likeness (QED) is 0.853. The summed E-state index contributed by atoms with van der Waals surface area (Å²) < 4.78 is 38.1. The average molecular weight is 273 g/mol. The standard InChI is InChI=1S/C12H14F3N3O/c13-12(14,15)10-4-3-9(7-16-8-19)11(17-10)18-5-1-2-6-18/h3-4,8H,1-2,5-7H2,(H,16,19). The molecule has 2 rings (SSSR count). The van der Waals surface area contributed by atoms with Gasteiger partial charge < -0.3 is 10.2 Å². The predicted molar refractivity (Wildman–Crippen MR) is 63.6 cm³/mol. The Balaban J connectivity index is 2.34. The van der Waals surface area contributed by atoms with Crippen LogP contribution in [0.15, 0.2) is 12.1 Å². The summed E-state index contributed by atoms with van der Waals surface area (Å²) in [5.41, 5.74) is -0.300. The number of carbonyl (C=O) groups is 1. The number of carbonyl (C=O) groups excluding carboxylic acids is 1. The van der Waals surface area contributed by atoms with Crippen LogP contribution in [0.4, 0.5) is 19.0 Å². The van der Waals surface area contributed by atoms with E-state index >= 15 is 0 Å². The fourth-order valence-electron chi connectivity index (χ4n) is 2.13. The lowest BCUT2D eigenvalue weighted by Gasteiger charge is -2.21. The molecule has 1 N–H and O–H groups in total. The van der Waals surface area contributed by atoms with Gasteiger partial charge in [-0.05, 0) is 18.9 Å². The molecule has 0 saturated carbocycles. The summed E-state index contributed by atoms with van der Waals surface area (Å²) in [6.45, 7) is 1.57. The highest BCUT2D eigenvalue weighted by atomic mass is 19.4. The van der Waals surface area contributed by atoms with Crippen LogP contribution in [-0.2, 0) is 17.5 Å². The Bertz CT molecular complexity index is 456. The number of rotatable bonds is 4. The SMILES string of the molecule is O=CNCc1ccc(C(F)(F)F)nc1N1CCCC1. The van der Waals surface area contributed by atoms with E-state index in [9.17, 15) is 18.0 Å². The molecule has 0 aliphatic carbocycles. The molecule has 0 aromatic carbocycles. The number of amides is 1. The number of anilines is 1. The van der Waals surface area contributed by atoms with Gasteiger partial charge >= 0.3 is 6.18 Å². The second-order valence-corrected chi connectivity index (χ2v) is 4.37. The number of hydrogen-bond acceptors (Lipinski definition) is 3. The third-order valence-electron chi connectivity index (χ3n) is 3.03. The topological polar surface area (TPSA) is 45.2 Å². The summed E-state index contributed by atoms with van der Waals surface area (Å²) in [6, 6.07) is 2.32. The third kappa shape index (κ3) is 3.15. The fraction of sp³-hybridized carbons (Fsp3) is 0.500. The van der Waals surface area contributed by atoms with Gasteiger partial charge in [-0.3, -0.25) is 4.79 Å². The second-order valence-electron chi connectivity index (χ2n) is 4.37. The van der Waals surface area contributed by atoms with E-state index in [1.807, 2.05) is 4.90 Å². The summed E-state index contributed by atoms with van der Waals surface area (Å²) in [5, 5.41) is 2.46. The minimum Gasteiger partial charge on any atom is -0.356 e. The number of nitrogens with zero attached hydrogens (tertiary/aromatic N) is 2. The molecular formula is C12H14F3N3O. The molecule has 1 aliphatic heterocycles. The van der Waals surface area contributed by atoms with Gasteiger partial charge in [0.1, 0.15) is 11.5 Å². The van der Waals surface area contributed by atoms with Crippen molar-refractivity contribution in [1.82, 2.24) is 10.3 Å². The molecule has 0 radical (unpaired) electrons. The van der Waals surface area contributed by atoms with E-state index in [1.165, 1.54) is 6.07 Å². The molecule has 1 aromatic heterocycles. The van der Waals surface area contributed by atoms with Crippen LogP contribution in [-0.4, -0.2) is 24.5 Å². The number of halogens is 3. The van der Waals surface area contributed by atoms with Gasteiger partial charge in [0.25, 0.3) is 0 Å². The molecule has 104 valence electrons. The van der Waals surface area contributed by atoms with Gasteiger partial charge in [0.2, 0.25) is 6.41 Å². The molecule has 1 aliphatic rings. The highest BCUT2D eigenvalue weighted by molar-refractivity contribution is 5.52. The van der Waals surface area contributed by atoms with Crippen LogP contribution in [0.5, 0.6) is 0 Å². The van der Waals surface area contributed by atoms with Crippen LogP contribution < -0.4 is 10.2 Å². The Morgan fingerprint density at radius 3 is 2.58 bits per heavy atom. The molecule has 1 amide bonds. The van der Waals surface area contributed by atoms with Gasteiger partial charge in [0.05, 0.1) is 0 Å². The number of hydrogen-bond donors (Lipinski definition) is 1. The zero-order chi connectivity index (χ0) is 13.9. The van der Waals surface area contributed by atoms with Crippen molar-refractivity contribution in [2.75, 3.05) is 18.0 Å². The maximum atomic E-state index is 12.7. The second kappa shape index (κ2) is 5.46. The van der Waals surface area contributed by atoms with Crippen molar-refractivity contribution in [3.8, 4) is 0 Å². The molecule has 7 heteroatoms. The highest BCUT2D eigenvalue weighted by Crippen LogP contribution is 2.31. The molecule has 0 spiro atoms. The van der Waals surface area contributed by atoms with Crippen molar-refractivity contribution in [3.05, 3.63) is 23.4 Å². The van der Waals surface area contributed by atoms with E-state index in [0.29, 0.717) is 30.9 Å². The van der Waals surface area contributed by atoms with Gasteiger partial charge in [-0.2, -0.15) is 13.2 Å². The zero-order valence-electron chi connectivity index (χ0n) is 10.2. The monoisotopic (exact) mass is 273 g/mol. The summed E-state index contributed by atoms with van der Waals surface area (Å²) in [6.07, 6.45) is -2.05. The Kier molecular flexibility index (Phi) is 3.92. The Morgan fingerprint density at radius 1 is 1.32 bits per heavy atom. The largest absolute Gasteiger partial charge is 0.433 e. The minimum absolute atomic E-state index is 0.181. The van der Waals surface area contributed by atoms with Crippen molar-refractivity contribution < 1.29 is 18.0 Å². The van der Waals surface area contributed by atoms with E-state index < -0.39 is 11.9 Å². The highest BCUT2D eigenvalue weighted by Gasteiger charge is 2.33. The van der Waals surface area contributed by atoms with Crippen molar-refractivity contribution in [2.45, 2.75) is 25.6 Å². The van der Waals surface area contributed by atoms with E-state index in [0.717, 1.165) is 18.9 Å². The molecule has 0 unspecified atom stereocenters. The van der Waals surface area contributed by atoms with Crippen molar-refractivity contribution in [2.24, 2.45) is 0 Å². The van der Waals surface area contributed by atoms with E-state index in [4.69, 9.17) is 0 Å². The number of nitrogens with one attached hydrogen (secondary N) is 1. The van der Waals surface area contributed by atoms with Crippen molar-refractivity contribution in [3.63, 3.8) is 0 Å². The first kappa shape index (κ1) is 13.6. The molecule has 2 heterocycles. The number of alkyl halides is 3. The molecule has 1 saturated heterocycles.